The van der Waals surface area contributed by atoms with Gasteiger partial charge in [-0.05, 0) is 31.2 Å². The van der Waals surface area contributed by atoms with Gasteiger partial charge in [-0.3, -0.25) is 0 Å². The minimum Gasteiger partial charge on any atom is -0.368 e. The average Bonchev–Trinajstić information content (AvgIpc) is 2.76. The predicted octanol–water partition coefficient (Wildman–Crippen LogP) is 3.35. The minimum atomic E-state index is 0.275. The zero-order chi connectivity index (χ0) is 13.4. The van der Waals surface area contributed by atoms with Gasteiger partial charge in [0.2, 0.25) is 5.95 Å². The zero-order valence-electron chi connectivity index (χ0n) is 10.5. The number of nitrogen functional groups attached to an aromatic ring is 1. The molecule has 4 nitrogen and oxygen atoms in total. The summed E-state index contributed by atoms with van der Waals surface area (Å²) in [7, 11) is 0. The van der Waals surface area contributed by atoms with Crippen molar-refractivity contribution in [3.05, 3.63) is 41.7 Å². The summed E-state index contributed by atoms with van der Waals surface area (Å²) in [5, 5.41) is 1.79. The maximum atomic E-state index is 6.10. The maximum Gasteiger partial charge on any atom is 0.220 e. The second-order valence-electron chi connectivity index (χ2n) is 4.29. The number of hydrogen-bond acceptors (Lipinski definition) is 3. The summed E-state index contributed by atoms with van der Waals surface area (Å²) < 4.78 is 2.17. The van der Waals surface area contributed by atoms with Gasteiger partial charge in [0.05, 0.1) is 5.69 Å². The van der Waals surface area contributed by atoms with E-state index < -0.39 is 0 Å². The Bertz CT molecular complexity index is 748. The fourth-order valence-corrected chi connectivity index (χ4v) is 2.43. The summed E-state index contributed by atoms with van der Waals surface area (Å²) in [5.41, 5.74) is 8.63. The molecule has 0 bridgehead atoms. The quantitative estimate of drug-likeness (QED) is 0.778. The molecule has 0 saturated carbocycles. The highest BCUT2D eigenvalue weighted by atomic mass is 35.5. The maximum absolute atomic E-state index is 6.10. The second-order valence-corrected chi connectivity index (χ2v) is 4.73. The lowest BCUT2D eigenvalue weighted by Crippen LogP contribution is -1.94. The first kappa shape index (κ1) is 12.0. The number of nitrogens with zero attached hydrogens (tertiary/aromatic N) is 3. The van der Waals surface area contributed by atoms with Crippen LogP contribution in [-0.4, -0.2) is 14.5 Å². The predicted molar refractivity (Wildman–Crippen MR) is 78.1 cm³/mol. The van der Waals surface area contributed by atoms with Crippen LogP contribution in [0.15, 0.2) is 36.7 Å². The van der Waals surface area contributed by atoms with Crippen molar-refractivity contribution < 1.29 is 0 Å². The van der Waals surface area contributed by atoms with Gasteiger partial charge in [0.25, 0.3) is 0 Å². The Balaban J connectivity index is 2.31. The molecular weight excluding hydrogens is 260 g/mol. The Morgan fingerprint density at radius 3 is 2.89 bits per heavy atom. The molecule has 5 heteroatoms. The van der Waals surface area contributed by atoms with E-state index in [0.29, 0.717) is 5.02 Å². The Hall–Kier alpha value is -2.07. The third-order valence-electron chi connectivity index (χ3n) is 3.13. The van der Waals surface area contributed by atoms with Crippen LogP contribution in [0.2, 0.25) is 5.02 Å². The summed E-state index contributed by atoms with van der Waals surface area (Å²) in [4.78, 5) is 8.20. The average molecular weight is 273 g/mol. The van der Waals surface area contributed by atoms with Crippen molar-refractivity contribution in [3.8, 4) is 11.3 Å². The van der Waals surface area contributed by atoms with Gasteiger partial charge in [0.15, 0.2) is 0 Å². The second kappa shape index (κ2) is 4.55. The molecule has 3 rings (SSSR count). The van der Waals surface area contributed by atoms with Gasteiger partial charge >= 0.3 is 0 Å². The number of aromatic nitrogens is 3. The summed E-state index contributed by atoms with van der Waals surface area (Å²) in [6.07, 6.45) is 3.74. The van der Waals surface area contributed by atoms with E-state index in [1.165, 1.54) is 0 Å². The fraction of sp³-hybridized carbons (Fsp3) is 0.143. The van der Waals surface area contributed by atoms with Crippen LogP contribution in [0.5, 0.6) is 0 Å². The van der Waals surface area contributed by atoms with Crippen LogP contribution in [0, 0.1) is 0 Å². The van der Waals surface area contributed by atoms with Gasteiger partial charge in [-0.2, -0.15) is 0 Å². The molecule has 0 spiro atoms. The lowest BCUT2D eigenvalue weighted by atomic mass is 10.1. The molecule has 0 atom stereocenters. The molecule has 0 radical (unpaired) electrons. The van der Waals surface area contributed by atoms with E-state index in [2.05, 4.69) is 27.7 Å². The lowest BCUT2D eigenvalue weighted by Gasteiger charge is -2.00. The Kier molecular flexibility index (Phi) is 2.87. The first-order valence-corrected chi connectivity index (χ1v) is 6.44. The molecule has 0 aliphatic heterocycles. The number of benzene rings is 1. The smallest absolute Gasteiger partial charge is 0.220 e. The molecular formula is C14H13ClN4. The number of fused-ring (bicyclic) bond motifs is 1. The standard InChI is InChI=1S/C14H13ClN4/c1-2-19-8-11(12-5-6-17-14(16)18-12)10-7-9(15)3-4-13(10)19/h3-8H,2H2,1H3,(H2,16,17,18). The SMILES string of the molecule is CCn1cc(-c2ccnc(N)n2)c2cc(Cl)ccc21. The number of aryl methyl sites for hydroxylation is 1. The van der Waals surface area contributed by atoms with Gasteiger partial charge in [0.1, 0.15) is 0 Å². The highest BCUT2D eigenvalue weighted by molar-refractivity contribution is 6.31. The molecule has 96 valence electrons. The van der Waals surface area contributed by atoms with Crippen molar-refractivity contribution in [1.29, 1.82) is 0 Å². The van der Waals surface area contributed by atoms with Crippen LogP contribution in [0.3, 0.4) is 0 Å². The van der Waals surface area contributed by atoms with Gasteiger partial charge < -0.3 is 10.3 Å². The van der Waals surface area contributed by atoms with Gasteiger partial charge in [-0.25, -0.2) is 9.97 Å². The minimum absolute atomic E-state index is 0.275. The van der Waals surface area contributed by atoms with Crippen molar-refractivity contribution in [2.75, 3.05) is 5.73 Å². The van der Waals surface area contributed by atoms with Crippen LogP contribution < -0.4 is 5.73 Å². The Morgan fingerprint density at radius 2 is 2.16 bits per heavy atom. The molecule has 0 amide bonds. The molecule has 0 fully saturated rings. The first-order chi connectivity index (χ1) is 9.19. The van der Waals surface area contributed by atoms with Crippen LogP contribution in [-0.2, 0) is 6.54 Å². The van der Waals surface area contributed by atoms with Crippen molar-refractivity contribution in [3.63, 3.8) is 0 Å². The van der Waals surface area contributed by atoms with E-state index in [4.69, 9.17) is 17.3 Å². The Labute approximate surface area is 115 Å². The van der Waals surface area contributed by atoms with Crippen molar-refractivity contribution in [1.82, 2.24) is 14.5 Å². The number of hydrogen-bond donors (Lipinski definition) is 1. The molecule has 0 saturated heterocycles. The lowest BCUT2D eigenvalue weighted by molar-refractivity contribution is 0.798. The van der Waals surface area contributed by atoms with E-state index in [-0.39, 0.29) is 5.95 Å². The van der Waals surface area contributed by atoms with E-state index in [0.717, 1.165) is 28.7 Å². The molecule has 0 unspecified atom stereocenters. The number of rotatable bonds is 2. The normalized spacial score (nSPS) is 11.1. The van der Waals surface area contributed by atoms with Crippen LogP contribution in [0.4, 0.5) is 5.95 Å². The third kappa shape index (κ3) is 2.04. The number of anilines is 1. The number of halogens is 1. The van der Waals surface area contributed by atoms with Crippen LogP contribution in [0.25, 0.3) is 22.2 Å². The molecule has 2 aromatic heterocycles. The van der Waals surface area contributed by atoms with Crippen molar-refractivity contribution in [2.45, 2.75) is 13.5 Å². The monoisotopic (exact) mass is 272 g/mol. The molecule has 1 aromatic carbocycles. The van der Waals surface area contributed by atoms with Crippen LogP contribution >= 0.6 is 11.6 Å². The van der Waals surface area contributed by atoms with E-state index in [1.54, 1.807) is 6.20 Å². The molecule has 0 aliphatic carbocycles. The topological polar surface area (TPSA) is 56.7 Å². The van der Waals surface area contributed by atoms with E-state index in [1.807, 2.05) is 24.3 Å². The van der Waals surface area contributed by atoms with Gasteiger partial charge in [-0.1, -0.05) is 11.6 Å². The van der Waals surface area contributed by atoms with Crippen molar-refractivity contribution in [2.24, 2.45) is 0 Å². The van der Waals surface area contributed by atoms with Gasteiger partial charge in [-0.15, -0.1) is 0 Å². The highest BCUT2D eigenvalue weighted by Crippen LogP contribution is 2.31. The fourth-order valence-electron chi connectivity index (χ4n) is 2.26. The summed E-state index contributed by atoms with van der Waals surface area (Å²) in [6, 6.07) is 7.73. The van der Waals surface area contributed by atoms with E-state index in [9.17, 15) is 0 Å². The van der Waals surface area contributed by atoms with Crippen molar-refractivity contribution >= 4 is 28.5 Å². The zero-order valence-corrected chi connectivity index (χ0v) is 11.2. The molecule has 2 heterocycles. The number of nitrogens with two attached hydrogens (primary N) is 1. The summed E-state index contributed by atoms with van der Waals surface area (Å²) in [6.45, 7) is 2.99. The largest absolute Gasteiger partial charge is 0.368 e. The highest BCUT2D eigenvalue weighted by Gasteiger charge is 2.11. The molecule has 19 heavy (non-hydrogen) atoms. The summed E-state index contributed by atoms with van der Waals surface area (Å²) >= 11 is 6.10. The van der Waals surface area contributed by atoms with Crippen LogP contribution in [0.1, 0.15) is 6.92 Å². The van der Waals surface area contributed by atoms with Gasteiger partial charge in [0, 0.05) is 40.4 Å². The summed E-state index contributed by atoms with van der Waals surface area (Å²) in [5.74, 6) is 0.275. The first-order valence-electron chi connectivity index (χ1n) is 6.06. The Morgan fingerprint density at radius 1 is 1.32 bits per heavy atom. The third-order valence-corrected chi connectivity index (χ3v) is 3.37. The van der Waals surface area contributed by atoms with E-state index >= 15 is 0 Å². The molecule has 2 N–H and O–H groups in total. The molecule has 0 aliphatic rings. The molecule has 3 aromatic rings.